The predicted octanol–water partition coefficient (Wildman–Crippen LogP) is -3.97. The van der Waals surface area contributed by atoms with Gasteiger partial charge in [-0.05, 0) is 0 Å². The van der Waals surface area contributed by atoms with Crippen molar-refractivity contribution in [2.24, 2.45) is 0 Å². The van der Waals surface area contributed by atoms with Crippen molar-refractivity contribution in [1.82, 2.24) is 0 Å². The number of hydrogen-bond donors (Lipinski definition) is 9. The fraction of sp³-hybridized carbons (Fsp3) is 0. The Morgan fingerprint density at radius 1 is 0.438 bits per heavy atom. The maximum absolute atomic E-state index is 8.88. The number of rotatable bonds is 0. The van der Waals surface area contributed by atoms with Crippen LogP contribution in [0.4, 0.5) is 0 Å². The van der Waals surface area contributed by atoms with Gasteiger partial charge in [0.05, 0.1) is 0 Å². The van der Waals surface area contributed by atoms with Crippen LogP contribution >= 0.6 is 23.5 Å². The molecule has 0 rings (SSSR count). The molecule has 16 heavy (non-hydrogen) atoms. The van der Waals surface area contributed by atoms with Crippen molar-refractivity contribution in [2.45, 2.75) is 0 Å². The Morgan fingerprint density at radius 3 is 0.438 bits per heavy atom. The van der Waals surface area contributed by atoms with Crippen LogP contribution in [0.2, 0.25) is 0 Å². The summed E-state index contributed by atoms with van der Waals surface area (Å²) in [5.41, 5.74) is 0. The van der Waals surface area contributed by atoms with Gasteiger partial charge in [0, 0.05) is 0 Å². The van der Waals surface area contributed by atoms with Crippen molar-refractivity contribution in [3.8, 4) is 0 Å². The monoisotopic (exact) mass is 412 g/mol. The molecule has 0 unspecified atom stereocenters. The summed E-state index contributed by atoms with van der Waals surface area (Å²) < 4.78 is 26.6. The summed E-state index contributed by atoms with van der Waals surface area (Å²) in [5.74, 6) is 0. The quantitative estimate of drug-likeness (QED) is 0.173. The fourth-order valence-electron chi connectivity index (χ4n) is 0. The zero-order chi connectivity index (χ0) is 13.5. The molecule has 0 aliphatic heterocycles. The third-order valence-corrected chi connectivity index (χ3v) is 0. The molecule has 0 spiro atoms. The molecule has 16 heteroatoms. The van der Waals surface area contributed by atoms with E-state index in [2.05, 4.69) is 0 Å². The molecule has 0 bridgehead atoms. The molecule has 0 saturated heterocycles. The van der Waals surface area contributed by atoms with Gasteiger partial charge in [-0.2, -0.15) is 0 Å². The molecule has 0 aliphatic carbocycles. The van der Waals surface area contributed by atoms with Gasteiger partial charge in [-0.1, -0.05) is 0 Å². The fourth-order valence-corrected chi connectivity index (χ4v) is 0. The molecule has 0 aromatic heterocycles. The zero-order valence-electron chi connectivity index (χ0n) is 6.59. The minimum atomic E-state index is -4.64. The Morgan fingerprint density at radius 2 is 0.438 bits per heavy atom. The Balaban J connectivity index is -0.0000000655. The molecular formula is H12InO12P3. The second-order valence-electron chi connectivity index (χ2n) is 1.54. The molecule has 0 aromatic rings. The first-order valence-electron chi connectivity index (χ1n) is 2.35. The summed E-state index contributed by atoms with van der Waals surface area (Å²) >= 11 is 0. The Hall–Kier alpha value is 1.20. The van der Waals surface area contributed by atoms with Crippen LogP contribution in [-0.2, 0) is 13.7 Å². The summed E-state index contributed by atoms with van der Waals surface area (Å²) in [6.07, 6.45) is 0. The van der Waals surface area contributed by atoms with E-state index in [-0.39, 0.29) is 25.8 Å². The normalized spacial score (nSPS) is 11.1. The van der Waals surface area contributed by atoms with Gasteiger partial charge in [0.1, 0.15) is 0 Å². The van der Waals surface area contributed by atoms with E-state index in [0.29, 0.717) is 0 Å². The van der Waals surface area contributed by atoms with Gasteiger partial charge in [0.25, 0.3) is 0 Å². The van der Waals surface area contributed by atoms with E-state index in [1.54, 1.807) is 0 Å². The van der Waals surface area contributed by atoms with Gasteiger partial charge in [0.2, 0.25) is 0 Å². The average molecular weight is 412 g/mol. The van der Waals surface area contributed by atoms with Gasteiger partial charge >= 0.3 is 49.3 Å². The summed E-state index contributed by atoms with van der Waals surface area (Å²) in [7, 11) is -13.9. The summed E-state index contributed by atoms with van der Waals surface area (Å²) in [4.78, 5) is 64.7. The average Bonchev–Trinajstić information content (AvgIpc) is 1.41. The molecule has 0 heterocycles. The van der Waals surface area contributed by atoms with Gasteiger partial charge in [-0.3, -0.25) is 0 Å². The Labute approximate surface area is 107 Å². The molecule has 0 amide bonds. The Bertz CT molecular complexity index is 202. The van der Waals surface area contributed by atoms with Crippen LogP contribution in [0, 0.1) is 0 Å². The van der Waals surface area contributed by atoms with Crippen LogP contribution in [0.3, 0.4) is 0 Å². The van der Waals surface area contributed by atoms with Gasteiger partial charge in [0.15, 0.2) is 0 Å². The van der Waals surface area contributed by atoms with E-state index in [9.17, 15) is 0 Å². The van der Waals surface area contributed by atoms with Crippen LogP contribution in [0.5, 0.6) is 0 Å². The second kappa shape index (κ2) is 10.2. The van der Waals surface area contributed by atoms with Crippen molar-refractivity contribution in [3.63, 3.8) is 0 Å². The topological polar surface area (TPSA) is 233 Å². The number of hydrogen-bond acceptors (Lipinski definition) is 3. The number of phosphoric acid groups is 3. The van der Waals surface area contributed by atoms with Crippen LogP contribution in [0.1, 0.15) is 0 Å². The van der Waals surface area contributed by atoms with Crippen molar-refractivity contribution in [2.75, 3.05) is 0 Å². The molecule has 0 aromatic carbocycles. The van der Waals surface area contributed by atoms with Crippen LogP contribution in [-0.4, -0.2) is 69.9 Å². The van der Waals surface area contributed by atoms with E-state index >= 15 is 0 Å². The van der Waals surface area contributed by atoms with Gasteiger partial charge in [-0.15, -0.1) is 0 Å². The molecule has 0 atom stereocenters. The van der Waals surface area contributed by atoms with Crippen molar-refractivity contribution in [1.29, 1.82) is 0 Å². The van der Waals surface area contributed by atoms with Crippen molar-refractivity contribution in [3.05, 3.63) is 0 Å². The maximum atomic E-state index is 8.88. The zero-order valence-corrected chi connectivity index (χ0v) is 9.27. The van der Waals surface area contributed by atoms with Gasteiger partial charge in [-0.25, -0.2) is 13.7 Å². The third kappa shape index (κ3) is 2130. The van der Waals surface area contributed by atoms with E-state index in [4.69, 9.17) is 57.7 Å². The van der Waals surface area contributed by atoms with Crippen molar-refractivity contribution >= 4 is 49.3 Å². The predicted molar refractivity (Wildman–Crippen MR) is 52.7 cm³/mol. The van der Waals surface area contributed by atoms with Crippen LogP contribution in [0.15, 0.2) is 0 Å². The standard InChI is InChI=1S/In.3H3O4P.3H/c;3*1-5(2,3)4;;;/h;3*(H3,1,2,3,4);;;. The SMILES string of the molecule is O=P(O)(O)O.O=P(O)(O)O.O=P(O)(O)O.[InH3]. The molecule has 102 valence electrons. The van der Waals surface area contributed by atoms with Crippen LogP contribution in [0.25, 0.3) is 0 Å². The first kappa shape index (κ1) is 25.9. The summed E-state index contributed by atoms with van der Waals surface area (Å²) in [6, 6.07) is 0. The second-order valence-corrected chi connectivity index (χ2v) is 4.62. The molecular weight excluding hydrogens is 400 g/mol. The molecule has 0 radical (unpaired) electrons. The Kier molecular flexibility index (Phi) is 16.4. The molecule has 0 aliphatic rings. The van der Waals surface area contributed by atoms with E-state index in [1.165, 1.54) is 0 Å². The van der Waals surface area contributed by atoms with Crippen LogP contribution < -0.4 is 0 Å². The molecule has 0 saturated carbocycles. The molecule has 0 fully saturated rings. The minimum absolute atomic E-state index is 0. The van der Waals surface area contributed by atoms with E-state index in [1.807, 2.05) is 0 Å². The van der Waals surface area contributed by atoms with Crippen molar-refractivity contribution < 1.29 is 57.7 Å². The summed E-state index contributed by atoms with van der Waals surface area (Å²) in [5, 5.41) is 0. The first-order valence-corrected chi connectivity index (χ1v) is 7.04. The van der Waals surface area contributed by atoms with E-state index < -0.39 is 23.5 Å². The van der Waals surface area contributed by atoms with E-state index in [0.717, 1.165) is 0 Å². The summed E-state index contributed by atoms with van der Waals surface area (Å²) in [6.45, 7) is 0. The molecule has 12 nitrogen and oxygen atoms in total. The van der Waals surface area contributed by atoms with Gasteiger partial charge < -0.3 is 44.0 Å². The molecule has 9 N–H and O–H groups in total. The third-order valence-electron chi connectivity index (χ3n) is 0. The first-order chi connectivity index (χ1) is 6.00.